The Morgan fingerprint density at radius 2 is 1.91 bits per heavy atom. The van der Waals surface area contributed by atoms with Crippen molar-refractivity contribution >= 4 is 0 Å². The number of piperidine rings is 1. The van der Waals surface area contributed by atoms with Gasteiger partial charge in [0.2, 0.25) is 5.88 Å². The molecule has 0 amide bonds. The van der Waals surface area contributed by atoms with Crippen LogP contribution in [-0.4, -0.2) is 51.1 Å². The summed E-state index contributed by atoms with van der Waals surface area (Å²) in [6.07, 6.45) is 7.59. The average Bonchev–Trinajstić information content (AvgIpc) is 3.07. The van der Waals surface area contributed by atoms with Crippen LogP contribution >= 0.6 is 0 Å². The van der Waals surface area contributed by atoms with Gasteiger partial charge in [0, 0.05) is 18.3 Å². The number of pyridine rings is 1. The lowest BCUT2D eigenvalue weighted by molar-refractivity contribution is 0.133. The minimum absolute atomic E-state index is 0.625. The van der Waals surface area contributed by atoms with Crippen LogP contribution in [0.4, 0.5) is 0 Å². The summed E-state index contributed by atoms with van der Waals surface area (Å²) in [6.45, 7) is 6.93. The van der Waals surface area contributed by atoms with Gasteiger partial charge in [-0.05, 0) is 44.8 Å². The third kappa shape index (κ3) is 4.04. The predicted octanol–water partition coefficient (Wildman–Crippen LogP) is 1.77. The molecule has 6 heteroatoms. The second-order valence-corrected chi connectivity index (χ2v) is 5.85. The van der Waals surface area contributed by atoms with Gasteiger partial charge in [0.15, 0.2) is 0 Å². The van der Waals surface area contributed by atoms with Crippen molar-refractivity contribution in [1.82, 2.24) is 24.9 Å². The molecule has 0 radical (unpaired) electrons. The van der Waals surface area contributed by atoms with Gasteiger partial charge in [0.25, 0.3) is 0 Å². The van der Waals surface area contributed by atoms with Gasteiger partial charge in [-0.1, -0.05) is 6.07 Å². The molecule has 2 aromatic rings. The number of rotatable bonds is 6. The third-order valence-corrected chi connectivity index (χ3v) is 4.21. The average molecular weight is 301 g/mol. The Balaban J connectivity index is 1.37. The number of likely N-dealkylation sites (tertiary alicyclic amines) is 1. The van der Waals surface area contributed by atoms with E-state index in [0.29, 0.717) is 5.92 Å². The van der Waals surface area contributed by atoms with Crippen LogP contribution in [0.25, 0.3) is 0 Å². The summed E-state index contributed by atoms with van der Waals surface area (Å²) in [4.78, 5) is 8.51. The molecule has 3 heterocycles. The minimum Gasteiger partial charge on any atom is -0.477 e. The second kappa shape index (κ2) is 7.35. The molecule has 1 fully saturated rings. The number of ether oxygens (including phenoxy) is 1. The summed E-state index contributed by atoms with van der Waals surface area (Å²) >= 11 is 0. The number of aromatic nitrogens is 4. The van der Waals surface area contributed by atoms with E-state index >= 15 is 0 Å². The fraction of sp³-hybridized carbons (Fsp3) is 0.562. The first-order valence-electron chi connectivity index (χ1n) is 7.92. The molecule has 0 saturated carbocycles. The summed E-state index contributed by atoms with van der Waals surface area (Å²) in [5.74, 6) is 1.40. The Morgan fingerprint density at radius 3 is 2.64 bits per heavy atom. The Labute approximate surface area is 131 Å². The lowest BCUT2D eigenvalue weighted by Gasteiger charge is -2.31. The van der Waals surface area contributed by atoms with Crippen molar-refractivity contribution in [2.24, 2.45) is 5.92 Å². The van der Waals surface area contributed by atoms with Gasteiger partial charge in [-0.3, -0.25) is 0 Å². The summed E-state index contributed by atoms with van der Waals surface area (Å²) in [5, 5.41) is 8.28. The first kappa shape index (κ1) is 15.0. The van der Waals surface area contributed by atoms with E-state index in [4.69, 9.17) is 4.74 Å². The number of hydrogen-bond acceptors (Lipinski definition) is 5. The third-order valence-electron chi connectivity index (χ3n) is 4.21. The molecule has 0 N–H and O–H groups in total. The van der Waals surface area contributed by atoms with Crippen LogP contribution in [-0.2, 0) is 6.54 Å². The van der Waals surface area contributed by atoms with Crippen LogP contribution < -0.4 is 4.74 Å². The van der Waals surface area contributed by atoms with E-state index in [-0.39, 0.29) is 0 Å². The van der Waals surface area contributed by atoms with E-state index < -0.39 is 0 Å². The van der Waals surface area contributed by atoms with E-state index in [1.54, 1.807) is 23.4 Å². The van der Waals surface area contributed by atoms with Crippen molar-refractivity contribution in [3.8, 4) is 5.88 Å². The molecule has 22 heavy (non-hydrogen) atoms. The Morgan fingerprint density at radius 1 is 1.14 bits per heavy atom. The van der Waals surface area contributed by atoms with Crippen molar-refractivity contribution in [2.75, 3.05) is 26.2 Å². The quantitative estimate of drug-likeness (QED) is 0.814. The van der Waals surface area contributed by atoms with Crippen molar-refractivity contribution in [3.05, 3.63) is 36.3 Å². The van der Waals surface area contributed by atoms with Crippen LogP contribution in [0.2, 0.25) is 0 Å². The van der Waals surface area contributed by atoms with E-state index in [1.165, 1.54) is 12.8 Å². The molecule has 0 unspecified atom stereocenters. The molecule has 1 aliphatic heterocycles. The second-order valence-electron chi connectivity index (χ2n) is 5.85. The lowest BCUT2D eigenvalue weighted by atomic mass is 9.98. The maximum atomic E-state index is 5.88. The largest absolute Gasteiger partial charge is 0.477 e. The van der Waals surface area contributed by atoms with E-state index in [1.807, 2.05) is 19.1 Å². The highest BCUT2D eigenvalue weighted by atomic mass is 16.5. The van der Waals surface area contributed by atoms with Crippen LogP contribution in [0.3, 0.4) is 0 Å². The summed E-state index contributed by atoms with van der Waals surface area (Å²) in [6, 6.07) is 3.98. The lowest BCUT2D eigenvalue weighted by Crippen LogP contribution is -2.37. The molecule has 118 valence electrons. The van der Waals surface area contributed by atoms with Crippen LogP contribution in [0.5, 0.6) is 5.88 Å². The predicted molar refractivity (Wildman–Crippen MR) is 83.7 cm³/mol. The van der Waals surface area contributed by atoms with Gasteiger partial charge in [0.1, 0.15) is 0 Å². The monoisotopic (exact) mass is 301 g/mol. The summed E-state index contributed by atoms with van der Waals surface area (Å²) in [7, 11) is 0. The molecular formula is C16H23N5O. The highest BCUT2D eigenvalue weighted by molar-refractivity contribution is 5.23. The Hall–Kier alpha value is -1.95. The SMILES string of the molecule is Cc1cccnc1OCC1CCN(CCn2nccn2)CC1. The molecule has 0 atom stereocenters. The van der Waals surface area contributed by atoms with Gasteiger partial charge < -0.3 is 9.64 Å². The Kier molecular flexibility index (Phi) is 5.00. The first-order valence-corrected chi connectivity index (χ1v) is 7.92. The van der Waals surface area contributed by atoms with Crippen molar-refractivity contribution < 1.29 is 4.74 Å². The molecule has 6 nitrogen and oxygen atoms in total. The molecular weight excluding hydrogens is 278 g/mol. The fourth-order valence-electron chi connectivity index (χ4n) is 2.79. The maximum Gasteiger partial charge on any atom is 0.216 e. The van der Waals surface area contributed by atoms with Crippen molar-refractivity contribution in [2.45, 2.75) is 26.3 Å². The summed E-state index contributed by atoms with van der Waals surface area (Å²) in [5.41, 5.74) is 1.10. The normalized spacial score (nSPS) is 16.8. The number of aryl methyl sites for hydroxylation is 1. The van der Waals surface area contributed by atoms with Crippen molar-refractivity contribution in [1.29, 1.82) is 0 Å². The number of hydrogen-bond donors (Lipinski definition) is 0. The van der Waals surface area contributed by atoms with Crippen LogP contribution in [0.15, 0.2) is 30.7 Å². The zero-order chi connectivity index (χ0) is 15.2. The van der Waals surface area contributed by atoms with E-state index in [2.05, 4.69) is 20.1 Å². The smallest absolute Gasteiger partial charge is 0.216 e. The first-order chi connectivity index (χ1) is 10.8. The van der Waals surface area contributed by atoms with Gasteiger partial charge >= 0.3 is 0 Å². The highest BCUT2D eigenvalue weighted by Crippen LogP contribution is 2.20. The molecule has 1 aliphatic rings. The standard InChI is InChI=1S/C16H23N5O/c1-14-3-2-6-17-16(14)22-13-15-4-9-20(10-5-15)11-12-21-18-7-8-19-21/h2-3,6-8,15H,4-5,9-13H2,1H3. The minimum atomic E-state index is 0.625. The number of nitrogens with zero attached hydrogens (tertiary/aromatic N) is 5. The molecule has 3 rings (SSSR count). The Bertz CT molecular complexity index is 564. The van der Waals surface area contributed by atoms with Crippen LogP contribution in [0, 0.1) is 12.8 Å². The highest BCUT2D eigenvalue weighted by Gasteiger charge is 2.20. The zero-order valence-electron chi connectivity index (χ0n) is 13.1. The van der Waals surface area contributed by atoms with Gasteiger partial charge in [0.05, 0.1) is 25.5 Å². The molecule has 1 saturated heterocycles. The van der Waals surface area contributed by atoms with E-state index in [0.717, 1.165) is 44.2 Å². The van der Waals surface area contributed by atoms with Crippen molar-refractivity contribution in [3.63, 3.8) is 0 Å². The van der Waals surface area contributed by atoms with Gasteiger partial charge in [-0.25, -0.2) is 4.98 Å². The van der Waals surface area contributed by atoms with Gasteiger partial charge in [-0.15, -0.1) is 0 Å². The maximum absolute atomic E-state index is 5.88. The summed E-state index contributed by atoms with van der Waals surface area (Å²) < 4.78 is 5.88. The molecule has 0 aromatic carbocycles. The fourth-order valence-corrected chi connectivity index (χ4v) is 2.79. The molecule has 0 spiro atoms. The topological polar surface area (TPSA) is 56.1 Å². The van der Waals surface area contributed by atoms with Gasteiger partial charge in [-0.2, -0.15) is 15.0 Å². The molecule has 0 aliphatic carbocycles. The molecule has 2 aromatic heterocycles. The zero-order valence-corrected chi connectivity index (χ0v) is 13.1. The molecule has 0 bridgehead atoms. The van der Waals surface area contributed by atoms with Crippen LogP contribution in [0.1, 0.15) is 18.4 Å². The van der Waals surface area contributed by atoms with E-state index in [9.17, 15) is 0 Å².